The molecule has 0 spiro atoms. The number of rotatable bonds is 4. The zero-order chi connectivity index (χ0) is 13.0. The fourth-order valence-electron chi connectivity index (χ4n) is 1.06. The maximum Gasteiger partial charge on any atom is 0.327 e. The second-order valence-corrected chi connectivity index (χ2v) is 4.36. The Hall–Kier alpha value is -0.910. The molecule has 1 amide bonds. The van der Waals surface area contributed by atoms with E-state index >= 15 is 0 Å². The number of carbonyl (C=O) groups excluding carboxylic acids is 1. The van der Waals surface area contributed by atoms with E-state index < -0.39 is 17.9 Å². The lowest BCUT2D eigenvalue weighted by Crippen LogP contribution is -2.42. The van der Waals surface area contributed by atoms with Crippen LogP contribution in [0, 0.1) is 0 Å². The maximum atomic E-state index is 11.7. The van der Waals surface area contributed by atoms with Crippen LogP contribution in [-0.4, -0.2) is 28.8 Å². The summed E-state index contributed by atoms with van der Waals surface area (Å²) in [7, 11) is 0. The third-order valence-corrected chi connectivity index (χ3v) is 3.07. The number of benzene rings is 1. The number of amides is 1. The Bertz CT molecular complexity index is 453. The lowest BCUT2D eigenvalue weighted by atomic mass is 10.2. The minimum absolute atomic E-state index is 0.00238. The van der Waals surface area contributed by atoms with Gasteiger partial charge in [0.25, 0.3) is 5.91 Å². The van der Waals surface area contributed by atoms with Crippen molar-refractivity contribution in [3.8, 4) is 0 Å². The van der Waals surface area contributed by atoms with Gasteiger partial charge in [-0.15, -0.1) is 0 Å². The zero-order valence-electron chi connectivity index (χ0n) is 8.48. The number of hydrogen-bond donors (Lipinski definition) is 3. The summed E-state index contributed by atoms with van der Waals surface area (Å²) in [4.78, 5) is 22.4. The normalized spacial score (nSPS) is 11.9. The van der Waals surface area contributed by atoms with Gasteiger partial charge in [0.05, 0.1) is 10.0 Å². The van der Waals surface area contributed by atoms with Crippen LogP contribution in [0.3, 0.4) is 0 Å². The van der Waals surface area contributed by atoms with E-state index in [9.17, 15) is 9.59 Å². The Balaban J connectivity index is 2.82. The lowest BCUT2D eigenvalue weighted by Gasteiger charge is -2.12. The number of carbonyl (C=O) groups is 2. The van der Waals surface area contributed by atoms with Crippen LogP contribution in [0.1, 0.15) is 10.4 Å². The van der Waals surface area contributed by atoms with Crippen LogP contribution in [0.4, 0.5) is 0 Å². The molecule has 1 unspecified atom stereocenters. The van der Waals surface area contributed by atoms with Crippen LogP contribution < -0.4 is 5.32 Å². The van der Waals surface area contributed by atoms with Crippen molar-refractivity contribution >= 4 is 47.7 Å². The van der Waals surface area contributed by atoms with Crippen molar-refractivity contribution < 1.29 is 14.7 Å². The fraction of sp³-hybridized carbons (Fsp3) is 0.200. The molecule has 0 aromatic heterocycles. The molecule has 0 aliphatic rings. The smallest absolute Gasteiger partial charge is 0.327 e. The SMILES string of the molecule is O=C(NC(CS)C(=O)O)c1ccc(Cl)c(Cl)c1. The van der Waals surface area contributed by atoms with Gasteiger partial charge in [-0.25, -0.2) is 4.79 Å². The van der Waals surface area contributed by atoms with Crippen LogP contribution in [0.2, 0.25) is 10.0 Å². The number of hydrogen-bond acceptors (Lipinski definition) is 3. The molecule has 4 nitrogen and oxygen atoms in total. The van der Waals surface area contributed by atoms with E-state index in [1.54, 1.807) is 0 Å². The van der Waals surface area contributed by atoms with Crippen molar-refractivity contribution in [2.24, 2.45) is 0 Å². The molecule has 0 fully saturated rings. The van der Waals surface area contributed by atoms with E-state index in [2.05, 4.69) is 17.9 Å². The highest BCUT2D eigenvalue weighted by molar-refractivity contribution is 7.80. The van der Waals surface area contributed by atoms with Crippen molar-refractivity contribution in [3.05, 3.63) is 33.8 Å². The third kappa shape index (κ3) is 3.80. The summed E-state index contributed by atoms with van der Waals surface area (Å²) in [5, 5.41) is 11.6. The minimum Gasteiger partial charge on any atom is -0.480 e. The summed E-state index contributed by atoms with van der Waals surface area (Å²) in [6, 6.07) is 3.26. The molecule has 2 N–H and O–H groups in total. The van der Waals surface area contributed by atoms with Gasteiger partial charge in [-0.1, -0.05) is 23.2 Å². The van der Waals surface area contributed by atoms with Gasteiger partial charge in [0.1, 0.15) is 6.04 Å². The molecule has 0 saturated carbocycles. The molecule has 1 rings (SSSR count). The molecule has 1 aromatic rings. The Morgan fingerprint density at radius 1 is 1.35 bits per heavy atom. The van der Waals surface area contributed by atoms with Crippen LogP contribution in [0.15, 0.2) is 18.2 Å². The highest BCUT2D eigenvalue weighted by atomic mass is 35.5. The highest BCUT2D eigenvalue weighted by Crippen LogP contribution is 2.22. The van der Waals surface area contributed by atoms with E-state index in [1.165, 1.54) is 18.2 Å². The monoisotopic (exact) mass is 293 g/mol. The number of carboxylic acid groups (broad SMARTS) is 1. The number of thiol groups is 1. The molecular weight excluding hydrogens is 285 g/mol. The quantitative estimate of drug-likeness (QED) is 0.745. The molecule has 7 heteroatoms. The standard InChI is InChI=1S/C10H9Cl2NO3S/c11-6-2-1-5(3-7(6)12)9(14)13-8(4-17)10(15)16/h1-3,8,17H,4H2,(H,13,14)(H,15,16). The van der Waals surface area contributed by atoms with Crippen molar-refractivity contribution in [1.82, 2.24) is 5.32 Å². The summed E-state index contributed by atoms with van der Waals surface area (Å²) in [5.74, 6) is -1.68. The third-order valence-electron chi connectivity index (χ3n) is 1.97. The maximum absolute atomic E-state index is 11.7. The topological polar surface area (TPSA) is 66.4 Å². The summed E-state index contributed by atoms with van der Waals surface area (Å²) in [6.45, 7) is 0. The van der Waals surface area contributed by atoms with Crippen LogP contribution in [0.25, 0.3) is 0 Å². The van der Waals surface area contributed by atoms with Gasteiger partial charge in [-0.3, -0.25) is 4.79 Å². The summed E-state index contributed by atoms with van der Waals surface area (Å²) in [6.07, 6.45) is 0. The molecule has 1 aromatic carbocycles. The minimum atomic E-state index is -1.14. The van der Waals surface area contributed by atoms with E-state index in [1.807, 2.05) is 0 Å². The van der Waals surface area contributed by atoms with Crippen molar-refractivity contribution in [2.75, 3.05) is 5.75 Å². The van der Waals surface area contributed by atoms with Gasteiger partial charge in [0.15, 0.2) is 0 Å². The largest absolute Gasteiger partial charge is 0.480 e. The second kappa shape index (κ2) is 6.14. The number of nitrogens with one attached hydrogen (secondary N) is 1. The number of aliphatic carboxylic acids is 1. The lowest BCUT2D eigenvalue weighted by molar-refractivity contribution is -0.138. The van der Waals surface area contributed by atoms with Crippen molar-refractivity contribution in [1.29, 1.82) is 0 Å². The molecule has 0 bridgehead atoms. The molecule has 0 aliphatic heterocycles. The first-order valence-electron chi connectivity index (χ1n) is 4.55. The fourth-order valence-corrected chi connectivity index (χ4v) is 1.61. The van der Waals surface area contributed by atoms with E-state index in [4.69, 9.17) is 28.3 Å². The first kappa shape index (κ1) is 14.2. The highest BCUT2D eigenvalue weighted by Gasteiger charge is 2.19. The van der Waals surface area contributed by atoms with Gasteiger partial charge in [-0.05, 0) is 18.2 Å². The Kier molecular flexibility index (Phi) is 5.11. The molecule has 0 radical (unpaired) electrons. The Morgan fingerprint density at radius 2 is 2.00 bits per heavy atom. The zero-order valence-corrected chi connectivity index (χ0v) is 10.9. The average Bonchev–Trinajstić information content (AvgIpc) is 2.28. The van der Waals surface area contributed by atoms with E-state index in [0.29, 0.717) is 5.02 Å². The predicted octanol–water partition coefficient (Wildman–Crippen LogP) is 2.11. The summed E-state index contributed by atoms with van der Waals surface area (Å²) < 4.78 is 0. The Labute approximate surface area is 113 Å². The van der Waals surface area contributed by atoms with Gasteiger partial charge < -0.3 is 10.4 Å². The summed E-state index contributed by atoms with van der Waals surface area (Å²) >= 11 is 15.3. The van der Waals surface area contributed by atoms with Gasteiger partial charge >= 0.3 is 5.97 Å². The molecule has 17 heavy (non-hydrogen) atoms. The molecule has 92 valence electrons. The molecule has 1 atom stereocenters. The second-order valence-electron chi connectivity index (χ2n) is 3.18. The summed E-state index contributed by atoms with van der Waals surface area (Å²) in [5.41, 5.74) is 0.243. The first-order valence-corrected chi connectivity index (χ1v) is 5.94. The van der Waals surface area contributed by atoms with Crippen molar-refractivity contribution in [3.63, 3.8) is 0 Å². The van der Waals surface area contributed by atoms with Crippen LogP contribution in [0.5, 0.6) is 0 Å². The number of halogens is 2. The van der Waals surface area contributed by atoms with Crippen LogP contribution >= 0.6 is 35.8 Å². The molecular formula is C10H9Cl2NO3S. The molecule has 0 aliphatic carbocycles. The Morgan fingerprint density at radius 3 is 2.47 bits per heavy atom. The van der Waals surface area contributed by atoms with E-state index in [-0.39, 0.29) is 16.3 Å². The molecule has 0 heterocycles. The van der Waals surface area contributed by atoms with Crippen LogP contribution in [-0.2, 0) is 4.79 Å². The van der Waals surface area contributed by atoms with E-state index in [0.717, 1.165) is 0 Å². The van der Waals surface area contributed by atoms with Crippen molar-refractivity contribution in [2.45, 2.75) is 6.04 Å². The number of carboxylic acids is 1. The predicted molar refractivity (Wildman–Crippen MR) is 69.2 cm³/mol. The van der Waals surface area contributed by atoms with Gasteiger partial charge in [-0.2, -0.15) is 12.6 Å². The first-order chi connectivity index (χ1) is 7.95. The average molecular weight is 294 g/mol. The van der Waals surface area contributed by atoms with Gasteiger partial charge in [0, 0.05) is 11.3 Å². The molecule has 0 saturated heterocycles. The van der Waals surface area contributed by atoms with Gasteiger partial charge in [0.2, 0.25) is 0 Å².